The molecular weight excluding hydrogens is 686 g/mol. The lowest BCUT2D eigenvalue weighted by molar-refractivity contribution is -0.153. The molecule has 0 spiro atoms. The minimum atomic E-state index is -1.01. The lowest BCUT2D eigenvalue weighted by Gasteiger charge is -2.41. The number of rotatable bonds is 10. The summed E-state index contributed by atoms with van der Waals surface area (Å²) in [6.45, 7) is 21.9. The number of hydrogen-bond donors (Lipinski definition) is 4. The van der Waals surface area contributed by atoms with Gasteiger partial charge in [0.25, 0.3) is 5.91 Å². The van der Waals surface area contributed by atoms with Crippen LogP contribution in [0.1, 0.15) is 113 Å². The molecule has 0 aromatic heterocycles. The van der Waals surface area contributed by atoms with Crippen LogP contribution in [-0.2, 0) is 19.2 Å². The van der Waals surface area contributed by atoms with E-state index in [1.807, 2.05) is 92.6 Å². The number of benzene rings is 1. The van der Waals surface area contributed by atoms with Crippen molar-refractivity contribution in [1.29, 1.82) is 0 Å². The summed E-state index contributed by atoms with van der Waals surface area (Å²) in [7, 11) is 0. The van der Waals surface area contributed by atoms with Crippen LogP contribution in [0.3, 0.4) is 0 Å². The second-order valence-electron chi connectivity index (χ2n) is 19.8. The molecule has 13 nitrogen and oxygen atoms in total. The highest BCUT2D eigenvalue weighted by molar-refractivity contribution is 5.98. The third-order valence-electron chi connectivity index (χ3n) is 12.0. The summed E-state index contributed by atoms with van der Waals surface area (Å²) < 4.78 is 0. The predicted octanol–water partition coefficient (Wildman–Crippen LogP) is 4.99. The summed E-state index contributed by atoms with van der Waals surface area (Å²) in [5.74, 6) is -1.08. The Balaban J connectivity index is 1.31. The average molecular weight is 750 g/mol. The van der Waals surface area contributed by atoms with Crippen molar-refractivity contribution < 1.29 is 28.8 Å². The van der Waals surface area contributed by atoms with Crippen molar-refractivity contribution in [2.45, 2.75) is 126 Å². The van der Waals surface area contributed by atoms with E-state index in [4.69, 9.17) is 0 Å². The van der Waals surface area contributed by atoms with E-state index < -0.39 is 52.3 Å². The Bertz CT molecular complexity index is 1610. The van der Waals surface area contributed by atoms with Crippen LogP contribution >= 0.6 is 0 Å². The van der Waals surface area contributed by atoms with Gasteiger partial charge in [-0.1, -0.05) is 99.6 Å². The lowest BCUT2D eigenvalue weighted by Crippen LogP contribution is -2.63. The van der Waals surface area contributed by atoms with Gasteiger partial charge in [-0.15, -0.1) is 0 Å². The van der Waals surface area contributed by atoms with E-state index in [-0.39, 0.29) is 66.3 Å². The van der Waals surface area contributed by atoms with E-state index in [9.17, 15) is 28.8 Å². The van der Waals surface area contributed by atoms with Crippen molar-refractivity contribution >= 4 is 35.7 Å². The number of imide groups is 1. The number of hydrogen-bond acceptors (Lipinski definition) is 6. The highest BCUT2D eigenvalue weighted by Crippen LogP contribution is 2.65. The molecule has 0 radical (unpaired) electrons. The van der Waals surface area contributed by atoms with Crippen LogP contribution in [0.15, 0.2) is 30.3 Å². The van der Waals surface area contributed by atoms with E-state index >= 15 is 0 Å². The zero-order valence-corrected chi connectivity index (χ0v) is 34.2. The van der Waals surface area contributed by atoms with Crippen molar-refractivity contribution in [2.24, 2.45) is 39.4 Å². The van der Waals surface area contributed by atoms with E-state index in [1.165, 1.54) is 9.91 Å². The molecule has 5 rings (SSSR count). The molecule has 54 heavy (non-hydrogen) atoms. The zero-order chi connectivity index (χ0) is 40.1. The van der Waals surface area contributed by atoms with Gasteiger partial charge in [0.05, 0.1) is 12.1 Å². The molecule has 13 heteroatoms. The Morgan fingerprint density at radius 3 is 2.00 bits per heavy atom. The molecule has 4 N–H and O–H groups in total. The van der Waals surface area contributed by atoms with Gasteiger partial charge in [0, 0.05) is 32.5 Å². The second kappa shape index (κ2) is 14.8. The maximum Gasteiger partial charge on any atom is 0.336 e. The number of amides is 8. The maximum atomic E-state index is 14.6. The van der Waals surface area contributed by atoms with Gasteiger partial charge in [-0.3, -0.25) is 29.5 Å². The second-order valence-corrected chi connectivity index (χ2v) is 19.8. The van der Waals surface area contributed by atoms with Gasteiger partial charge in [0.15, 0.2) is 0 Å². The Morgan fingerprint density at radius 1 is 0.870 bits per heavy atom. The highest BCUT2D eigenvalue weighted by atomic mass is 16.2. The van der Waals surface area contributed by atoms with E-state index in [0.29, 0.717) is 13.1 Å². The van der Waals surface area contributed by atoms with Crippen LogP contribution in [-0.4, -0.2) is 88.3 Å². The molecule has 2 aliphatic carbocycles. The van der Waals surface area contributed by atoms with Crippen molar-refractivity contribution in [2.75, 3.05) is 19.6 Å². The Hall–Kier alpha value is -4.16. The Morgan fingerprint density at radius 2 is 1.46 bits per heavy atom. The number of nitrogens with zero attached hydrogens (tertiary/aromatic N) is 3. The third-order valence-corrected chi connectivity index (χ3v) is 12.0. The number of nitrogens with one attached hydrogen (secondary N) is 4. The van der Waals surface area contributed by atoms with Crippen LogP contribution in [0, 0.1) is 39.4 Å². The molecule has 6 atom stereocenters. The van der Waals surface area contributed by atoms with Crippen LogP contribution in [0.5, 0.6) is 0 Å². The van der Waals surface area contributed by atoms with Gasteiger partial charge in [-0.05, 0) is 64.7 Å². The molecule has 2 heterocycles. The van der Waals surface area contributed by atoms with Gasteiger partial charge < -0.3 is 20.9 Å². The molecular formula is C41H63N7O6. The van der Waals surface area contributed by atoms with E-state index in [0.717, 1.165) is 18.4 Å². The minimum Gasteiger partial charge on any atom is -0.333 e. The number of carbonyl (C=O) groups excluding carboxylic acids is 6. The Labute approximate surface area is 321 Å². The molecule has 2 aliphatic heterocycles. The molecule has 0 unspecified atom stereocenters. The van der Waals surface area contributed by atoms with Crippen molar-refractivity contribution in [3.05, 3.63) is 35.9 Å². The third kappa shape index (κ3) is 9.20. The molecule has 4 aliphatic rings. The first kappa shape index (κ1) is 41.0. The van der Waals surface area contributed by atoms with Gasteiger partial charge in [-0.2, -0.15) is 0 Å². The first-order valence-corrected chi connectivity index (χ1v) is 19.5. The van der Waals surface area contributed by atoms with Crippen LogP contribution in [0.4, 0.5) is 9.59 Å². The molecule has 1 aromatic rings. The lowest BCUT2D eigenvalue weighted by atomic mass is 9.80. The molecule has 0 bridgehead atoms. The first-order chi connectivity index (χ1) is 24.9. The summed E-state index contributed by atoms with van der Waals surface area (Å²) >= 11 is 0. The number of urea groups is 2. The number of hydrazine groups is 1. The maximum absolute atomic E-state index is 14.6. The van der Waals surface area contributed by atoms with E-state index in [1.54, 1.807) is 4.90 Å². The standard InChI is InChI=1S/C41H63N7O6/c1-24(26-15-13-12-14-16-26)42-37(54)48(21-25-17-18-25)45-34(51)32-31-27(41(31,10)11)22-47(32)35(52)33(39(5,6)7)44-36(53)43-28(38(2,3)4)23-46-29(49)19-40(8,9)20-30(46)50/h12-16,24-25,27-28,31-33H,17-23H2,1-11H3,(H,42,54)(H,45,51)(H2,43,44,53)/t24-,27+,28-,31+,32+,33-/m1/s1. The highest BCUT2D eigenvalue weighted by Gasteiger charge is 2.70. The summed E-state index contributed by atoms with van der Waals surface area (Å²) in [6.07, 6.45) is 2.42. The number of likely N-dealkylation sites (tertiary alicyclic amines) is 2. The van der Waals surface area contributed by atoms with Crippen LogP contribution in [0.25, 0.3) is 0 Å². The number of carbonyl (C=O) groups is 6. The van der Waals surface area contributed by atoms with Crippen LogP contribution in [0.2, 0.25) is 0 Å². The minimum absolute atomic E-state index is 0.0146. The fourth-order valence-corrected chi connectivity index (χ4v) is 8.12. The fraction of sp³-hybridized carbons (Fsp3) is 0.707. The molecule has 2 saturated carbocycles. The van der Waals surface area contributed by atoms with E-state index in [2.05, 4.69) is 35.2 Å². The quantitative estimate of drug-likeness (QED) is 0.195. The molecule has 1 aromatic carbocycles. The molecule has 4 fully saturated rings. The monoisotopic (exact) mass is 749 g/mol. The summed E-state index contributed by atoms with van der Waals surface area (Å²) in [5.41, 5.74) is 1.97. The zero-order valence-electron chi connectivity index (χ0n) is 34.2. The smallest absolute Gasteiger partial charge is 0.333 e. The predicted molar refractivity (Wildman–Crippen MR) is 205 cm³/mol. The summed E-state index contributed by atoms with van der Waals surface area (Å²) in [6, 6.07) is 5.86. The topological polar surface area (TPSA) is 160 Å². The van der Waals surface area contributed by atoms with Gasteiger partial charge in [-0.25, -0.2) is 14.6 Å². The fourth-order valence-electron chi connectivity index (χ4n) is 8.12. The summed E-state index contributed by atoms with van der Waals surface area (Å²) in [4.78, 5) is 85.1. The number of fused-ring (bicyclic) bond motifs is 1. The Kier molecular flexibility index (Phi) is 11.3. The van der Waals surface area contributed by atoms with Crippen molar-refractivity contribution in [3.8, 4) is 0 Å². The van der Waals surface area contributed by atoms with Gasteiger partial charge in [0.1, 0.15) is 12.1 Å². The molecule has 2 saturated heterocycles. The number of piperidine rings is 2. The van der Waals surface area contributed by atoms with Crippen molar-refractivity contribution in [3.63, 3.8) is 0 Å². The first-order valence-electron chi connectivity index (χ1n) is 19.5. The normalized spacial score (nSPS) is 24.8. The average Bonchev–Trinajstić information content (AvgIpc) is 3.90. The van der Waals surface area contributed by atoms with Gasteiger partial charge >= 0.3 is 12.1 Å². The molecule has 8 amide bonds. The van der Waals surface area contributed by atoms with Crippen LogP contribution < -0.4 is 21.4 Å². The SMILES string of the molecule is C[C@@H](NC(=O)N(CC1CC1)NC(=O)[C@@H]1[C@@H]2[C@H](CN1C(=O)[C@@H](NC(=O)N[C@H](CN1C(=O)CC(C)(C)CC1=O)C(C)(C)C)C(C)(C)C)C2(C)C)c1ccccc1. The summed E-state index contributed by atoms with van der Waals surface area (Å²) in [5, 5.41) is 10.3. The molecule has 298 valence electrons. The van der Waals surface area contributed by atoms with Gasteiger partial charge in [0.2, 0.25) is 17.7 Å². The largest absolute Gasteiger partial charge is 0.336 e. The van der Waals surface area contributed by atoms with Crippen molar-refractivity contribution in [1.82, 2.24) is 36.2 Å².